The number of hydrogen-bond donors (Lipinski definition) is 1. The molecule has 3 aromatic heterocycles. The van der Waals surface area contributed by atoms with E-state index in [9.17, 15) is 0 Å². The van der Waals surface area contributed by atoms with Gasteiger partial charge in [0.15, 0.2) is 0 Å². The van der Waals surface area contributed by atoms with Crippen molar-refractivity contribution in [1.29, 1.82) is 0 Å². The molecule has 0 fully saturated rings. The zero-order valence-corrected chi connectivity index (χ0v) is 12.7. The van der Waals surface area contributed by atoms with Gasteiger partial charge in [-0.2, -0.15) is 0 Å². The van der Waals surface area contributed by atoms with Crippen LogP contribution in [0.3, 0.4) is 0 Å². The second-order valence-corrected chi connectivity index (χ2v) is 5.71. The first-order valence-corrected chi connectivity index (χ1v) is 7.28. The molecule has 0 aliphatic carbocycles. The normalized spacial score (nSPS) is 12.8. The van der Waals surface area contributed by atoms with Crippen molar-refractivity contribution in [2.75, 3.05) is 6.54 Å². The Bertz CT molecular complexity index is 736. The highest BCUT2D eigenvalue weighted by Gasteiger charge is 2.18. The zero-order chi connectivity index (χ0) is 14.1. The molecule has 0 spiro atoms. The van der Waals surface area contributed by atoms with E-state index in [0.29, 0.717) is 6.54 Å². The Balaban J connectivity index is 2.31. The lowest BCUT2D eigenvalue weighted by Gasteiger charge is -2.11. The van der Waals surface area contributed by atoms with Crippen molar-refractivity contribution < 1.29 is 0 Å². The van der Waals surface area contributed by atoms with Gasteiger partial charge in [-0.25, -0.2) is 4.98 Å². The maximum atomic E-state index is 5.87. The molecule has 0 bridgehead atoms. The van der Waals surface area contributed by atoms with Gasteiger partial charge in [0.25, 0.3) is 0 Å². The average Bonchev–Trinajstić information content (AvgIpc) is 2.86. The molecule has 0 aliphatic heterocycles. The number of pyridine rings is 2. The largest absolute Gasteiger partial charge is 0.330 e. The molecule has 0 saturated heterocycles. The van der Waals surface area contributed by atoms with Crippen LogP contribution < -0.4 is 5.73 Å². The van der Waals surface area contributed by atoms with Crippen LogP contribution in [0.2, 0.25) is 0 Å². The predicted molar refractivity (Wildman–Crippen MR) is 83.6 cm³/mol. The molecule has 0 amide bonds. The first-order chi connectivity index (χ1) is 9.70. The predicted octanol–water partition coefficient (Wildman–Crippen LogP) is 3.22. The lowest BCUT2D eigenvalue weighted by atomic mass is 10.0. The van der Waals surface area contributed by atoms with E-state index in [2.05, 4.69) is 32.2 Å². The van der Waals surface area contributed by atoms with Crippen molar-refractivity contribution in [2.45, 2.75) is 12.8 Å². The first kappa shape index (κ1) is 13.3. The molecule has 2 N–H and O–H groups in total. The molecule has 3 heterocycles. The highest BCUT2D eigenvalue weighted by atomic mass is 79.9. The van der Waals surface area contributed by atoms with E-state index in [1.165, 1.54) is 0 Å². The number of halogens is 1. The Kier molecular flexibility index (Phi) is 3.54. The van der Waals surface area contributed by atoms with Gasteiger partial charge in [0.05, 0.1) is 11.4 Å². The summed E-state index contributed by atoms with van der Waals surface area (Å²) in [5.41, 5.74) is 9.97. The maximum Gasteiger partial charge on any atom is 0.137 e. The van der Waals surface area contributed by atoms with Crippen molar-refractivity contribution >= 4 is 21.6 Å². The standard InChI is InChI=1S/C15H15BrN4/c1-10(8-17)15-14(11-4-6-18-7-5-11)19-13-3-2-12(16)9-20(13)15/h2-7,9-10H,8,17H2,1H3. The summed E-state index contributed by atoms with van der Waals surface area (Å²) >= 11 is 3.51. The molecule has 1 atom stereocenters. The fourth-order valence-corrected chi connectivity index (χ4v) is 2.68. The minimum absolute atomic E-state index is 0.225. The summed E-state index contributed by atoms with van der Waals surface area (Å²) in [7, 11) is 0. The van der Waals surface area contributed by atoms with Gasteiger partial charge in [-0.1, -0.05) is 6.92 Å². The van der Waals surface area contributed by atoms with Gasteiger partial charge >= 0.3 is 0 Å². The molecule has 3 rings (SSSR count). The highest BCUT2D eigenvalue weighted by molar-refractivity contribution is 9.10. The van der Waals surface area contributed by atoms with E-state index < -0.39 is 0 Å². The Morgan fingerprint density at radius 1 is 1.25 bits per heavy atom. The molecule has 3 aromatic rings. The molecule has 5 heteroatoms. The number of hydrogen-bond acceptors (Lipinski definition) is 3. The minimum atomic E-state index is 0.225. The van der Waals surface area contributed by atoms with Gasteiger partial charge in [0.2, 0.25) is 0 Å². The fourth-order valence-electron chi connectivity index (χ4n) is 2.34. The fraction of sp³-hybridized carbons (Fsp3) is 0.200. The van der Waals surface area contributed by atoms with Crippen LogP contribution in [0, 0.1) is 0 Å². The van der Waals surface area contributed by atoms with Crippen molar-refractivity contribution in [3.63, 3.8) is 0 Å². The summed E-state index contributed by atoms with van der Waals surface area (Å²) in [4.78, 5) is 8.82. The second kappa shape index (κ2) is 5.34. The summed E-state index contributed by atoms with van der Waals surface area (Å²) in [6, 6.07) is 7.95. The van der Waals surface area contributed by atoms with Gasteiger partial charge in [-0.15, -0.1) is 0 Å². The van der Waals surface area contributed by atoms with Gasteiger partial charge in [0, 0.05) is 41.1 Å². The van der Waals surface area contributed by atoms with Gasteiger partial charge < -0.3 is 10.1 Å². The van der Waals surface area contributed by atoms with Crippen molar-refractivity contribution in [1.82, 2.24) is 14.4 Å². The van der Waals surface area contributed by atoms with Crippen LogP contribution >= 0.6 is 15.9 Å². The van der Waals surface area contributed by atoms with Crippen molar-refractivity contribution in [2.24, 2.45) is 5.73 Å². The summed E-state index contributed by atoms with van der Waals surface area (Å²) in [5.74, 6) is 0.225. The van der Waals surface area contributed by atoms with Crippen LogP contribution in [0.15, 0.2) is 47.3 Å². The van der Waals surface area contributed by atoms with E-state index >= 15 is 0 Å². The molecule has 4 nitrogen and oxygen atoms in total. The van der Waals surface area contributed by atoms with Crippen molar-refractivity contribution in [3.8, 4) is 11.3 Å². The van der Waals surface area contributed by atoms with Crippen LogP contribution in [0.5, 0.6) is 0 Å². The summed E-state index contributed by atoms with van der Waals surface area (Å²) in [6.45, 7) is 2.70. The van der Waals surface area contributed by atoms with Crippen LogP contribution in [0.1, 0.15) is 18.5 Å². The summed E-state index contributed by atoms with van der Waals surface area (Å²) in [6.07, 6.45) is 5.60. The number of aromatic nitrogens is 3. The number of nitrogens with zero attached hydrogens (tertiary/aromatic N) is 3. The van der Waals surface area contributed by atoms with Crippen LogP contribution in [0.4, 0.5) is 0 Å². The summed E-state index contributed by atoms with van der Waals surface area (Å²) < 4.78 is 3.13. The van der Waals surface area contributed by atoms with Crippen LogP contribution in [0.25, 0.3) is 16.9 Å². The number of imidazole rings is 1. The Morgan fingerprint density at radius 2 is 2.00 bits per heavy atom. The van der Waals surface area contributed by atoms with E-state index in [4.69, 9.17) is 10.7 Å². The third-order valence-corrected chi connectivity index (χ3v) is 3.86. The lowest BCUT2D eigenvalue weighted by molar-refractivity contribution is 0.738. The van der Waals surface area contributed by atoms with Crippen LogP contribution in [-0.2, 0) is 0 Å². The first-order valence-electron chi connectivity index (χ1n) is 6.48. The zero-order valence-electron chi connectivity index (χ0n) is 11.1. The molecular weight excluding hydrogens is 316 g/mol. The summed E-state index contributed by atoms with van der Waals surface area (Å²) in [5, 5.41) is 0. The molecule has 0 aromatic carbocycles. The molecule has 102 valence electrons. The topological polar surface area (TPSA) is 56.2 Å². The molecule has 0 radical (unpaired) electrons. The molecule has 1 unspecified atom stereocenters. The van der Waals surface area contributed by atoms with Gasteiger partial charge in [0.1, 0.15) is 5.65 Å². The second-order valence-electron chi connectivity index (χ2n) is 4.79. The number of fused-ring (bicyclic) bond motifs is 1. The average molecular weight is 331 g/mol. The van der Waals surface area contributed by atoms with Crippen LogP contribution in [-0.4, -0.2) is 20.9 Å². The number of nitrogens with two attached hydrogens (primary N) is 1. The smallest absolute Gasteiger partial charge is 0.137 e. The minimum Gasteiger partial charge on any atom is -0.330 e. The van der Waals surface area contributed by atoms with Crippen molar-refractivity contribution in [3.05, 3.63) is 53.0 Å². The quantitative estimate of drug-likeness (QED) is 0.802. The lowest BCUT2D eigenvalue weighted by Crippen LogP contribution is -2.12. The highest BCUT2D eigenvalue weighted by Crippen LogP contribution is 2.30. The molecular formula is C15H15BrN4. The third-order valence-electron chi connectivity index (χ3n) is 3.39. The monoisotopic (exact) mass is 330 g/mol. The molecule has 0 aliphatic rings. The van der Waals surface area contributed by atoms with E-state index in [0.717, 1.165) is 27.1 Å². The van der Waals surface area contributed by atoms with E-state index in [-0.39, 0.29) is 5.92 Å². The van der Waals surface area contributed by atoms with E-state index in [1.54, 1.807) is 12.4 Å². The third kappa shape index (κ3) is 2.23. The maximum absolute atomic E-state index is 5.87. The Hall–Kier alpha value is -1.72. The molecule has 20 heavy (non-hydrogen) atoms. The Morgan fingerprint density at radius 3 is 2.70 bits per heavy atom. The number of rotatable bonds is 3. The molecule has 0 saturated carbocycles. The van der Waals surface area contributed by atoms with E-state index in [1.807, 2.05) is 30.5 Å². The van der Waals surface area contributed by atoms with Gasteiger partial charge in [-0.3, -0.25) is 4.98 Å². The Labute approximate surface area is 125 Å². The van der Waals surface area contributed by atoms with Gasteiger partial charge in [-0.05, 0) is 40.2 Å². The SMILES string of the molecule is CC(CN)c1c(-c2ccncc2)nc2ccc(Br)cn12.